The van der Waals surface area contributed by atoms with E-state index in [1.54, 1.807) is 0 Å². The van der Waals surface area contributed by atoms with Crippen LogP contribution in [0.1, 0.15) is 30.4 Å². The summed E-state index contributed by atoms with van der Waals surface area (Å²) >= 11 is 0. The lowest BCUT2D eigenvalue weighted by Crippen LogP contribution is -2.35. The summed E-state index contributed by atoms with van der Waals surface area (Å²) in [5.74, 6) is 0.177. The summed E-state index contributed by atoms with van der Waals surface area (Å²) < 4.78 is 1.89. The molecule has 1 aliphatic rings. The Hall–Kier alpha value is -2.34. The van der Waals surface area contributed by atoms with Crippen LogP contribution in [0.2, 0.25) is 0 Å². The number of carbonyl (C=O) groups excluding carboxylic acids is 1. The molecule has 0 saturated heterocycles. The van der Waals surface area contributed by atoms with Gasteiger partial charge in [0.05, 0.1) is 18.8 Å². The number of nitrogens with one attached hydrogen (secondary N) is 2. The number of hydrogen-bond acceptors (Lipinski definition) is 3. The van der Waals surface area contributed by atoms with E-state index in [-0.39, 0.29) is 18.1 Å². The molecule has 1 fully saturated rings. The number of aryl methyl sites for hydroxylation is 1. The van der Waals surface area contributed by atoms with E-state index in [2.05, 4.69) is 15.7 Å². The van der Waals surface area contributed by atoms with Crippen LogP contribution in [0.3, 0.4) is 0 Å². The van der Waals surface area contributed by atoms with Crippen LogP contribution in [0.15, 0.2) is 36.7 Å². The summed E-state index contributed by atoms with van der Waals surface area (Å²) in [6.45, 7) is 3.24. The third-order valence-corrected chi connectivity index (χ3v) is 4.46. The summed E-state index contributed by atoms with van der Waals surface area (Å²) in [6.07, 6.45) is 6.40. The Morgan fingerprint density at radius 1 is 1.33 bits per heavy atom. The lowest BCUT2D eigenvalue weighted by Gasteiger charge is -2.15. The molecule has 1 aliphatic carbocycles. The van der Waals surface area contributed by atoms with Crippen LogP contribution >= 0.6 is 0 Å². The molecule has 0 unspecified atom stereocenters. The average molecular weight is 328 g/mol. The van der Waals surface area contributed by atoms with Crippen molar-refractivity contribution in [1.82, 2.24) is 15.1 Å². The summed E-state index contributed by atoms with van der Waals surface area (Å²) in [6, 6.07) is 7.50. The fraction of sp³-hybridized carbons (Fsp3) is 0.444. The second-order valence-electron chi connectivity index (χ2n) is 6.51. The minimum Gasteiger partial charge on any atom is -0.393 e. The maximum atomic E-state index is 11.9. The van der Waals surface area contributed by atoms with Gasteiger partial charge in [-0.1, -0.05) is 18.6 Å². The molecule has 2 amide bonds. The van der Waals surface area contributed by atoms with E-state index < -0.39 is 0 Å². The van der Waals surface area contributed by atoms with Gasteiger partial charge < -0.3 is 15.7 Å². The fourth-order valence-corrected chi connectivity index (χ4v) is 3.09. The molecule has 24 heavy (non-hydrogen) atoms. The van der Waals surface area contributed by atoms with Crippen LogP contribution in [0.5, 0.6) is 0 Å². The van der Waals surface area contributed by atoms with Gasteiger partial charge in [-0.3, -0.25) is 4.68 Å². The van der Waals surface area contributed by atoms with E-state index in [0.29, 0.717) is 13.1 Å². The predicted octanol–water partition coefficient (Wildman–Crippen LogP) is 2.52. The molecule has 1 aromatic heterocycles. The molecule has 1 saturated carbocycles. The molecular weight excluding hydrogens is 304 g/mol. The second-order valence-corrected chi connectivity index (χ2v) is 6.51. The normalized spacial score (nSPS) is 20.1. The lowest BCUT2D eigenvalue weighted by molar-refractivity contribution is 0.133. The molecule has 128 valence electrons. The standard InChI is InChI=1S/C18H24N4O2/c1-13-9-20-22(11-13)12-14-5-7-16(8-6-14)21-18(24)19-10-15-3-2-4-17(15)23/h5-9,11,15,17,23H,2-4,10,12H2,1H3,(H2,19,21,24)/t15-,17+/m1/s1. The highest BCUT2D eigenvalue weighted by molar-refractivity contribution is 5.89. The summed E-state index contributed by atoms with van der Waals surface area (Å²) in [4.78, 5) is 11.9. The minimum absolute atomic E-state index is 0.177. The topological polar surface area (TPSA) is 79.2 Å². The number of carbonyl (C=O) groups is 1. The van der Waals surface area contributed by atoms with E-state index in [4.69, 9.17) is 0 Å². The largest absolute Gasteiger partial charge is 0.393 e. The number of anilines is 1. The van der Waals surface area contributed by atoms with Gasteiger partial charge in [-0.25, -0.2) is 4.79 Å². The quantitative estimate of drug-likeness (QED) is 0.789. The molecule has 0 radical (unpaired) electrons. The third-order valence-electron chi connectivity index (χ3n) is 4.46. The highest BCUT2D eigenvalue weighted by atomic mass is 16.3. The van der Waals surface area contributed by atoms with E-state index >= 15 is 0 Å². The van der Waals surface area contributed by atoms with Crippen molar-refractivity contribution < 1.29 is 9.90 Å². The third kappa shape index (κ3) is 4.35. The van der Waals surface area contributed by atoms with Gasteiger partial charge >= 0.3 is 6.03 Å². The Labute approximate surface area is 141 Å². The number of aliphatic hydroxyl groups excluding tert-OH is 1. The maximum absolute atomic E-state index is 11.9. The SMILES string of the molecule is Cc1cnn(Cc2ccc(NC(=O)NC[C@H]3CCC[C@@H]3O)cc2)c1. The van der Waals surface area contributed by atoms with Crippen molar-refractivity contribution >= 4 is 11.7 Å². The van der Waals surface area contributed by atoms with E-state index in [9.17, 15) is 9.90 Å². The van der Waals surface area contributed by atoms with Gasteiger partial charge in [0.25, 0.3) is 0 Å². The first-order valence-corrected chi connectivity index (χ1v) is 8.41. The van der Waals surface area contributed by atoms with Crippen molar-refractivity contribution in [3.63, 3.8) is 0 Å². The highest BCUT2D eigenvalue weighted by Gasteiger charge is 2.25. The zero-order valence-corrected chi connectivity index (χ0v) is 13.9. The van der Waals surface area contributed by atoms with E-state index in [1.807, 2.05) is 48.3 Å². The molecule has 1 aromatic carbocycles. The first-order chi connectivity index (χ1) is 11.6. The number of benzene rings is 1. The summed E-state index contributed by atoms with van der Waals surface area (Å²) in [5.41, 5.74) is 3.01. The Bertz CT molecular complexity index is 681. The van der Waals surface area contributed by atoms with Crippen molar-refractivity contribution in [3.8, 4) is 0 Å². The summed E-state index contributed by atoms with van der Waals surface area (Å²) in [7, 11) is 0. The molecule has 3 N–H and O–H groups in total. The Morgan fingerprint density at radius 2 is 2.12 bits per heavy atom. The second kappa shape index (κ2) is 7.49. The Kier molecular flexibility index (Phi) is 5.15. The monoisotopic (exact) mass is 328 g/mol. The van der Waals surface area contributed by atoms with E-state index in [1.165, 1.54) is 0 Å². The molecule has 0 bridgehead atoms. The van der Waals surface area contributed by atoms with Crippen LogP contribution in [0.25, 0.3) is 0 Å². The molecule has 1 heterocycles. The first kappa shape index (κ1) is 16.5. The van der Waals surface area contributed by atoms with Crippen molar-refractivity contribution in [1.29, 1.82) is 0 Å². The molecule has 6 nitrogen and oxygen atoms in total. The molecule has 2 atom stereocenters. The van der Waals surface area contributed by atoms with Gasteiger partial charge in [0, 0.05) is 24.3 Å². The number of rotatable bonds is 5. The molecule has 6 heteroatoms. The average Bonchev–Trinajstić information content (AvgIpc) is 3.15. The number of aromatic nitrogens is 2. The van der Waals surface area contributed by atoms with Crippen molar-refractivity contribution in [3.05, 3.63) is 47.8 Å². The summed E-state index contributed by atoms with van der Waals surface area (Å²) in [5, 5.41) is 19.7. The first-order valence-electron chi connectivity index (χ1n) is 8.41. The van der Waals surface area contributed by atoms with Crippen LogP contribution in [0, 0.1) is 12.8 Å². The fourth-order valence-electron chi connectivity index (χ4n) is 3.09. The number of aliphatic hydroxyl groups is 1. The number of hydrogen-bond donors (Lipinski definition) is 3. The molecule has 0 spiro atoms. The maximum Gasteiger partial charge on any atom is 0.319 e. The zero-order valence-electron chi connectivity index (χ0n) is 13.9. The van der Waals surface area contributed by atoms with Gasteiger partial charge in [0.15, 0.2) is 0 Å². The Morgan fingerprint density at radius 3 is 2.75 bits per heavy atom. The van der Waals surface area contributed by atoms with Gasteiger partial charge in [-0.15, -0.1) is 0 Å². The molecule has 3 rings (SSSR count). The number of amides is 2. The Balaban J connectivity index is 1.47. The number of urea groups is 1. The zero-order chi connectivity index (χ0) is 16.9. The molecule has 0 aliphatic heterocycles. The van der Waals surface area contributed by atoms with Crippen LogP contribution < -0.4 is 10.6 Å². The smallest absolute Gasteiger partial charge is 0.319 e. The minimum atomic E-state index is -0.282. The van der Waals surface area contributed by atoms with Crippen molar-refractivity contribution in [2.45, 2.75) is 38.8 Å². The molecular formula is C18H24N4O2. The van der Waals surface area contributed by atoms with Gasteiger partial charge in [0.2, 0.25) is 0 Å². The van der Waals surface area contributed by atoms with Crippen LogP contribution in [-0.2, 0) is 6.54 Å². The lowest BCUT2D eigenvalue weighted by atomic mass is 10.1. The predicted molar refractivity (Wildman–Crippen MR) is 92.9 cm³/mol. The number of nitrogens with zero attached hydrogens (tertiary/aromatic N) is 2. The van der Waals surface area contributed by atoms with E-state index in [0.717, 1.165) is 36.1 Å². The van der Waals surface area contributed by atoms with Crippen molar-refractivity contribution in [2.75, 3.05) is 11.9 Å². The van der Waals surface area contributed by atoms with Crippen molar-refractivity contribution in [2.24, 2.45) is 5.92 Å². The highest BCUT2D eigenvalue weighted by Crippen LogP contribution is 2.24. The van der Waals surface area contributed by atoms with Gasteiger partial charge in [0.1, 0.15) is 0 Å². The van der Waals surface area contributed by atoms with Gasteiger partial charge in [-0.05, 0) is 43.0 Å². The van der Waals surface area contributed by atoms with Crippen LogP contribution in [-0.4, -0.2) is 33.6 Å². The van der Waals surface area contributed by atoms with Gasteiger partial charge in [-0.2, -0.15) is 5.10 Å². The molecule has 2 aromatic rings. The van der Waals surface area contributed by atoms with Crippen LogP contribution in [0.4, 0.5) is 10.5 Å².